The number of rotatable bonds is 8. The Hall–Kier alpha value is -2.17. The van der Waals surface area contributed by atoms with Gasteiger partial charge in [0, 0.05) is 13.1 Å². The van der Waals surface area contributed by atoms with Crippen molar-refractivity contribution in [3.8, 4) is 0 Å². The summed E-state index contributed by atoms with van der Waals surface area (Å²) in [5.74, 6) is -0.458. The number of nitrogens with zero attached hydrogens (tertiary/aromatic N) is 1. The van der Waals surface area contributed by atoms with E-state index in [4.69, 9.17) is 0 Å². The van der Waals surface area contributed by atoms with Gasteiger partial charge in [0.1, 0.15) is 11.4 Å². The minimum Gasteiger partial charge on any atom is -0.351 e. The lowest BCUT2D eigenvalue weighted by Crippen LogP contribution is -2.28. The number of nitrogens with one attached hydrogen (secondary N) is 2. The smallest absolute Gasteiger partial charge is 0.269 e. The molecule has 1 aliphatic carbocycles. The summed E-state index contributed by atoms with van der Waals surface area (Å²) in [6.45, 7) is 3.31. The molecule has 0 atom stereocenters. The van der Waals surface area contributed by atoms with Gasteiger partial charge in [0.2, 0.25) is 0 Å². The summed E-state index contributed by atoms with van der Waals surface area (Å²) in [5, 5.41) is 5.70. The number of allylic oxidation sites excluding steroid dienone is 1. The third-order valence-electron chi connectivity index (χ3n) is 4.15. The Labute approximate surface area is 143 Å². The van der Waals surface area contributed by atoms with Crippen molar-refractivity contribution in [3.63, 3.8) is 0 Å². The molecule has 5 nitrogen and oxygen atoms in total. The molecule has 0 saturated carbocycles. The molecule has 130 valence electrons. The van der Waals surface area contributed by atoms with Crippen molar-refractivity contribution < 1.29 is 9.59 Å². The molecule has 0 fully saturated rings. The first-order valence-corrected chi connectivity index (χ1v) is 8.92. The van der Waals surface area contributed by atoms with E-state index in [-0.39, 0.29) is 23.2 Å². The molecular formula is C19H27N3O2. The number of hydrogen-bond acceptors (Lipinski definition) is 3. The van der Waals surface area contributed by atoms with Crippen LogP contribution < -0.4 is 10.6 Å². The molecule has 0 radical (unpaired) electrons. The SMILES string of the molecule is CCCCNC(=O)c1cccc(C(=O)NCCC2=CCCCC2)n1. The molecule has 1 aliphatic rings. The highest BCUT2D eigenvalue weighted by atomic mass is 16.2. The van der Waals surface area contributed by atoms with Crippen LogP contribution in [0.1, 0.15) is 72.8 Å². The van der Waals surface area contributed by atoms with Gasteiger partial charge in [-0.05, 0) is 50.7 Å². The quantitative estimate of drug-likeness (QED) is 0.568. The maximum Gasteiger partial charge on any atom is 0.269 e. The van der Waals surface area contributed by atoms with Gasteiger partial charge in [-0.2, -0.15) is 0 Å². The van der Waals surface area contributed by atoms with Gasteiger partial charge < -0.3 is 10.6 Å². The highest BCUT2D eigenvalue weighted by Crippen LogP contribution is 2.19. The molecule has 2 rings (SSSR count). The van der Waals surface area contributed by atoms with Crippen molar-refractivity contribution in [3.05, 3.63) is 41.2 Å². The number of hydrogen-bond donors (Lipinski definition) is 2. The van der Waals surface area contributed by atoms with Crippen LogP contribution in [0.25, 0.3) is 0 Å². The van der Waals surface area contributed by atoms with Crippen molar-refractivity contribution >= 4 is 11.8 Å². The first-order valence-electron chi connectivity index (χ1n) is 8.92. The van der Waals surface area contributed by atoms with Crippen LogP contribution in [0.15, 0.2) is 29.8 Å². The van der Waals surface area contributed by atoms with Crippen molar-refractivity contribution in [2.24, 2.45) is 0 Å². The van der Waals surface area contributed by atoms with E-state index in [2.05, 4.69) is 28.6 Å². The molecule has 1 heterocycles. The summed E-state index contributed by atoms with van der Waals surface area (Å²) in [7, 11) is 0. The van der Waals surface area contributed by atoms with Crippen LogP contribution in [0.2, 0.25) is 0 Å². The predicted octanol–water partition coefficient (Wildman–Crippen LogP) is 3.23. The monoisotopic (exact) mass is 329 g/mol. The largest absolute Gasteiger partial charge is 0.351 e. The first-order chi connectivity index (χ1) is 11.7. The van der Waals surface area contributed by atoms with Crippen molar-refractivity contribution in [2.45, 2.75) is 51.9 Å². The van der Waals surface area contributed by atoms with Gasteiger partial charge in [-0.1, -0.05) is 31.1 Å². The second-order valence-corrected chi connectivity index (χ2v) is 6.13. The summed E-state index contributed by atoms with van der Waals surface area (Å²) in [6.07, 6.45) is 9.94. The van der Waals surface area contributed by atoms with E-state index in [1.54, 1.807) is 18.2 Å². The van der Waals surface area contributed by atoms with Crippen molar-refractivity contribution in [1.29, 1.82) is 0 Å². The lowest BCUT2D eigenvalue weighted by molar-refractivity contribution is 0.0944. The molecule has 0 bridgehead atoms. The van der Waals surface area contributed by atoms with Crippen LogP contribution in [-0.2, 0) is 0 Å². The topological polar surface area (TPSA) is 71.1 Å². The Morgan fingerprint density at radius 2 is 1.79 bits per heavy atom. The first kappa shape index (κ1) is 18.2. The number of unbranched alkanes of at least 4 members (excludes halogenated alkanes) is 1. The summed E-state index contributed by atoms with van der Waals surface area (Å²) < 4.78 is 0. The molecule has 1 aromatic heterocycles. The molecule has 2 N–H and O–H groups in total. The molecular weight excluding hydrogens is 302 g/mol. The zero-order valence-electron chi connectivity index (χ0n) is 14.4. The van der Waals surface area contributed by atoms with Gasteiger partial charge in [-0.25, -0.2) is 4.98 Å². The van der Waals surface area contributed by atoms with E-state index < -0.39 is 0 Å². The Morgan fingerprint density at radius 3 is 2.42 bits per heavy atom. The van der Waals surface area contributed by atoms with E-state index in [1.807, 2.05) is 0 Å². The standard InChI is InChI=1S/C19H27N3O2/c1-2-3-13-20-18(23)16-10-7-11-17(22-16)19(24)21-14-12-15-8-5-4-6-9-15/h7-8,10-11H,2-6,9,12-14H2,1H3,(H,20,23)(H,21,24). The number of amides is 2. The van der Waals surface area contributed by atoms with Gasteiger partial charge in [-0.3, -0.25) is 9.59 Å². The molecule has 0 aromatic carbocycles. The van der Waals surface area contributed by atoms with Crippen LogP contribution in [-0.4, -0.2) is 29.9 Å². The van der Waals surface area contributed by atoms with E-state index in [0.29, 0.717) is 13.1 Å². The Kier molecular flexibility index (Phi) is 7.46. The molecule has 0 spiro atoms. The van der Waals surface area contributed by atoms with E-state index >= 15 is 0 Å². The summed E-state index contributed by atoms with van der Waals surface area (Å²) >= 11 is 0. The van der Waals surface area contributed by atoms with Gasteiger partial charge in [0.25, 0.3) is 11.8 Å². The predicted molar refractivity (Wildman–Crippen MR) is 95.0 cm³/mol. The van der Waals surface area contributed by atoms with E-state index in [9.17, 15) is 9.59 Å². The number of aromatic nitrogens is 1. The molecule has 0 saturated heterocycles. The fourth-order valence-corrected chi connectivity index (χ4v) is 2.72. The zero-order valence-corrected chi connectivity index (χ0v) is 14.4. The number of carbonyl (C=O) groups excluding carboxylic acids is 2. The van der Waals surface area contributed by atoms with Crippen LogP contribution in [0.4, 0.5) is 0 Å². The Balaban J connectivity index is 1.84. The minimum atomic E-state index is -0.231. The van der Waals surface area contributed by atoms with E-state index in [1.165, 1.54) is 18.4 Å². The van der Waals surface area contributed by atoms with Crippen LogP contribution in [0.3, 0.4) is 0 Å². The van der Waals surface area contributed by atoms with Crippen molar-refractivity contribution in [2.75, 3.05) is 13.1 Å². The maximum atomic E-state index is 12.2. The molecule has 0 unspecified atom stereocenters. The average Bonchev–Trinajstić information content (AvgIpc) is 2.63. The molecule has 2 amide bonds. The lowest BCUT2D eigenvalue weighted by atomic mass is 9.97. The van der Waals surface area contributed by atoms with Gasteiger partial charge in [0.15, 0.2) is 0 Å². The van der Waals surface area contributed by atoms with Gasteiger partial charge in [-0.15, -0.1) is 0 Å². The van der Waals surface area contributed by atoms with Gasteiger partial charge in [0.05, 0.1) is 0 Å². The fourth-order valence-electron chi connectivity index (χ4n) is 2.72. The van der Waals surface area contributed by atoms with Gasteiger partial charge >= 0.3 is 0 Å². The third kappa shape index (κ3) is 5.80. The molecule has 5 heteroatoms. The lowest BCUT2D eigenvalue weighted by Gasteiger charge is -2.13. The second kappa shape index (κ2) is 9.85. The normalized spacial score (nSPS) is 14.0. The zero-order chi connectivity index (χ0) is 17.2. The fraction of sp³-hybridized carbons (Fsp3) is 0.526. The Morgan fingerprint density at radius 1 is 1.08 bits per heavy atom. The highest BCUT2D eigenvalue weighted by Gasteiger charge is 2.12. The third-order valence-corrected chi connectivity index (χ3v) is 4.15. The highest BCUT2D eigenvalue weighted by molar-refractivity contribution is 5.96. The maximum absolute atomic E-state index is 12.2. The van der Waals surface area contributed by atoms with Crippen LogP contribution in [0.5, 0.6) is 0 Å². The average molecular weight is 329 g/mol. The summed E-state index contributed by atoms with van der Waals surface area (Å²) in [4.78, 5) is 28.4. The summed E-state index contributed by atoms with van der Waals surface area (Å²) in [6, 6.07) is 4.96. The number of carbonyl (C=O) groups is 2. The molecule has 1 aromatic rings. The minimum absolute atomic E-state index is 0.227. The van der Waals surface area contributed by atoms with Crippen LogP contribution >= 0.6 is 0 Å². The number of pyridine rings is 1. The second-order valence-electron chi connectivity index (χ2n) is 6.13. The molecule has 24 heavy (non-hydrogen) atoms. The van der Waals surface area contributed by atoms with Crippen LogP contribution in [0, 0.1) is 0 Å². The summed E-state index contributed by atoms with van der Waals surface area (Å²) in [5.41, 5.74) is 2.00. The van der Waals surface area contributed by atoms with Crippen molar-refractivity contribution in [1.82, 2.24) is 15.6 Å². The molecule has 0 aliphatic heterocycles. The van der Waals surface area contributed by atoms with E-state index in [0.717, 1.165) is 32.1 Å². The Bertz CT molecular complexity index is 596.